The summed E-state index contributed by atoms with van der Waals surface area (Å²) in [4.78, 5) is 10.6. The Morgan fingerprint density at radius 1 is 0.966 bits per heavy atom. The summed E-state index contributed by atoms with van der Waals surface area (Å²) in [5.41, 5.74) is 2.53. The Labute approximate surface area is 164 Å². The third kappa shape index (κ3) is 3.10. The van der Waals surface area contributed by atoms with Crippen molar-refractivity contribution in [3.05, 3.63) is 42.4 Å². The zero-order chi connectivity index (χ0) is 20.9. The first-order valence-corrected chi connectivity index (χ1v) is 8.73. The van der Waals surface area contributed by atoms with Crippen molar-refractivity contribution in [3.63, 3.8) is 0 Å². The second-order valence-electron chi connectivity index (χ2n) is 6.87. The van der Waals surface area contributed by atoms with E-state index >= 15 is 0 Å². The summed E-state index contributed by atoms with van der Waals surface area (Å²) < 4.78 is 42.1. The van der Waals surface area contributed by atoms with Crippen molar-refractivity contribution in [1.29, 1.82) is 0 Å². The highest BCUT2D eigenvalue weighted by Gasteiger charge is 2.30. The van der Waals surface area contributed by atoms with Crippen molar-refractivity contribution in [2.75, 3.05) is 19.0 Å². The van der Waals surface area contributed by atoms with Crippen LogP contribution in [0.1, 0.15) is 5.56 Å². The third-order valence-corrected chi connectivity index (χ3v) is 4.70. The zero-order valence-corrected chi connectivity index (χ0v) is 16.2. The van der Waals surface area contributed by atoms with Crippen LogP contribution < -0.4 is 4.90 Å². The maximum atomic E-state index is 12.9. The summed E-state index contributed by atoms with van der Waals surface area (Å²) in [6, 6.07) is 5.02. The maximum Gasteiger partial charge on any atom is 0.416 e. The van der Waals surface area contributed by atoms with E-state index in [4.69, 9.17) is 0 Å². The molecule has 0 radical (unpaired) electrons. The molecule has 0 bridgehead atoms. The van der Waals surface area contributed by atoms with Gasteiger partial charge >= 0.3 is 6.18 Å². The number of aryl methyl sites for hydroxylation is 2. The summed E-state index contributed by atoms with van der Waals surface area (Å²) in [6.45, 7) is 0. The molecule has 150 valence electrons. The van der Waals surface area contributed by atoms with Crippen molar-refractivity contribution in [2.24, 2.45) is 14.1 Å². The van der Waals surface area contributed by atoms with E-state index in [1.54, 1.807) is 29.7 Å². The molecule has 0 N–H and O–H groups in total. The van der Waals surface area contributed by atoms with Gasteiger partial charge in [0.25, 0.3) is 0 Å². The summed E-state index contributed by atoms with van der Waals surface area (Å²) in [7, 11) is 7.27. The quantitative estimate of drug-likeness (QED) is 0.526. The number of hydrogen-bond acceptors (Lipinski definition) is 5. The Morgan fingerprint density at radius 2 is 1.66 bits per heavy atom. The van der Waals surface area contributed by atoms with Crippen molar-refractivity contribution >= 4 is 16.9 Å². The number of hydrogen-bond donors (Lipinski definition) is 0. The van der Waals surface area contributed by atoms with Gasteiger partial charge in [-0.15, -0.1) is 0 Å². The van der Waals surface area contributed by atoms with Crippen molar-refractivity contribution in [1.82, 2.24) is 29.5 Å². The number of rotatable bonds is 3. The van der Waals surface area contributed by atoms with Crippen LogP contribution in [0.2, 0.25) is 0 Å². The second-order valence-corrected chi connectivity index (χ2v) is 6.87. The minimum absolute atomic E-state index is 0.607. The Kier molecular flexibility index (Phi) is 4.29. The van der Waals surface area contributed by atoms with Crippen molar-refractivity contribution < 1.29 is 13.2 Å². The van der Waals surface area contributed by atoms with Gasteiger partial charge in [0.1, 0.15) is 17.8 Å². The first-order valence-electron chi connectivity index (χ1n) is 8.73. The first kappa shape index (κ1) is 18.9. The van der Waals surface area contributed by atoms with Crippen molar-refractivity contribution in [2.45, 2.75) is 6.18 Å². The predicted molar refractivity (Wildman–Crippen MR) is 103 cm³/mol. The molecule has 0 unspecified atom stereocenters. The van der Waals surface area contributed by atoms with Crippen LogP contribution in [0.25, 0.3) is 33.5 Å². The number of anilines is 1. The molecule has 0 fully saturated rings. The highest BCUT2D eigenvalue weighted by Crippen LogP contribution is 2.38. The molecule has 0 amide bonds. The molecule has 3 heterocycles. The van der Waals surface area contributed by atoms with Gasteiger partial charge in [-0.25, -0.2) is 14.6 Å². The Hall–Kier alpha value is -3.43. The number of alkyl halides is 3. The van der Waals surface area contributed by atoms with Gasteiger partial charge in [0.2, 0.25) is 0 Å². The van der Waals surface area contributed by atoms with Gasteiger partial charge in [0.15, 0.2) is 5.65 Å². The van der Waals surface area contributed by atoms with Gasteiger partial charge in [-0.3, -0.25) is 4.68 Å². The van der Waals surface area contributed by atoms with E-state index in [-0.39, 0.29) is 0 Å². The van der Waals surface area contributed by atoms with Gasteiger partial charge < -0.3 is 4.90 Å². The number of nitrogens with zero attached hydrogens (tertiary/aromatic N) is 7. The van der Waals surface area contributed by atoms with Crippen LogP contribution in [0.4, 0.5) is 19.0 Å². The lowest BCUT2D eigenvalue weighted by atomic mass is 10.0. The normalized spacial score (nSPS) is 12.0. The fourth-order valence-electron chi connectivity index (χ4n) is 3.37. The Bertz CT molecular complexity index is 1190. The topological polar surface area (TPSA) is 64.7 Å². The van der Waals surface area contributed by atoms with Crippen LogP contribution in [0.5, 0.6) is 0 Å². The molecule has 0 aliphatic carbocycles. The number of fused-ring (bicyclic) bond motifs is 1. The molecule has 3 aromatic heterocycles. The van der Waals surface area contributed by atoms with E-state index in [1.165, 1.54) is 18.5 Å². The van der Waals surface area contributed by atoms with E-state index < -0.39 is 11.7 Å². The SMILES string of the molecule is CN(C)c1ncnc2c1c(-c1cnn(C)c1-c1ccc(C(F)(F)F)cc1)nn2C. The molecule has 0 atom stereocenters. The molecule has 7 nitrogen and oxygen atoms in total. The predicted octanol–water partition coefficient (Wildman–Crippen LogP) is 3.52. The molecule has 0 saturated heterocycles. The summed E-state index contributed by atoms with van der Waals surface area (Å²) in [6.07, 6.45) is -1.26. The van der Waals surface area contributed by atoms with E-state index in [0.717, 1.165) is 17.5 Å². The lowest BCUT2D eigenvalue weighted by Crippen LogP contribution is -2.11. The fourth-order valence-corrected chi connectivity index (χ4v) is 3.37. The Morgan fingerprint density at radius 3 is 2.28 bits per heavy atom. The average Bonchev–Trinajstić information content (AvgIpc) is 3.21. The van der Waals surface area contributed by atoms with Gasteiger partial charge in [0.05, 0.1) is 22.8 Å². The molecule has 0 aliphatic heterocycles. The third-order valence-electron chi connectivity index (χ3n) is 4.70. The van der Waals surface area contributed by atoms with E-state index in [2.05, 4.69) is 20.2 Å². The molecule has 1 aromatic carbocycles. The highest BCUT2D eigenvalue weighted by atomic mass is 19.4. The zero-order valence-electron chi connectivity index (χ0n) is 16.2. The lowest BCUT2D eigenvalue weighted by molar-refractivity contribution is -0.137. The smallest absolute Gasteiger partial charge is 0.362 e. The van der Waals surface area contributed by atoms with E-state index in [0.29, 0.717) is 34.0 Å². The maximum absolute atomic E-state index is 12.9. The lowest BCUT2D eigenvalue weighted by Gasteiger charge is -2.13. The summed E-state index contributed by atoms with van der Waals surface area (Å²) >= 11 is 0. The van der Waals surface area contributed by atoms with Crippen LogP contribution in [0.15, 0.2) is 36.8 Å². The second kappa shape index (κ2) is 6.57. The Balaban J connectivity index is 1.94. The molecule has 0 aliphatic rings. The van der Waals surface area contributed by atoms with Gasteiger partial charge in [-0.1, -0.05) is 12.1 Å². The first-order chi connectivity index (χ1) is 13.7. The minimum atomic E-state index is -4.39. The molecule has 0 saturated carbocycles. The van der Waals surface area contributed by atoms with Crippen LogP contribution in [0.3, 0.4) is 0 Å². The van der Waals surface area contributed by atoms with Crippen LogP contribution in [-0.4, -0.2) is 43.6 Å². The summed E-state index contributed by atoms with van der Waals surface area (Å²) in [5, 5.41) is 9.69. The average molecular weight is 401 g/mol. The molecular weight excluding hydrogens is 383 g/mol. The molecule has 29 heavy (non-hydrogen) atoms. The fraction of sp³-hybridized carbons (Fsp3) is 0.263. The molecule has 0 spiro atoms. The van der Waals surface area contributed by atoms with E-state index in [1.807, 2.05) is 19.0 Å². The molecule has 10 heteroatoms. The minimum Gasteiger partial charge on any atom is -0.362 e. The summed E-state index contributed by atoms with van der Waals surface area (Å²) in [5.74, 6) is 0.695. The standard InChI is InChI=1S/C19H18F3N7/c1-27(2)17-14-15(26-29(4)18(14)24-10-23-17)13-9-25-28(3)16(13)11-5-7-12(8-6-11)19(20,21)22/h5-10H,1-4H3. The number of benzene rings is 1. The highest BCUT2D eigenvalue weighted by molar-refractivity contribution is 6.01. The van der Waals surface area contributed by atoms with Crippen LogP contribution >= 0.6 is 0 Å². The number of halogens is 3. The van der Waals surface area contributed by atoms with Gasteiger partial charge in [-0.05, 0) is 12.1 Å². The van der Waals surface area contributed by atoms with Gasteiger partial charge in [-0.2, -0.15) is 23.4 Å². The van der Waals surface area contributed by atoms with Gasteiger partial charge in [0, 0.05) is 39.3 Å². The largest absolute Gasteiger partial charge is 0.416 e. The molecule has 4 aromatic rings. The van der Waals surface area contributed by atoms with Crippen molar-refractivity contribution in [3.8, 4) is 22.5 Å². The molecule has 4 rings (SSSR count). The van der Waals surface area contributed by atoms with Crippen LogP contribution in [0, 0.1) is 0 Å². The number of aromatic nitrogens is 6. The van der Waals surface area contributed by atoms with E-state index in [9.17, 15) is 13.2 Å². The van der Waals surface area contributed by atoms with Crippen LogP contribution in [-0.2, 0) is 20.3 Å². The monoisotopic (exact) mass is 401 g/mol. The molecular formula is C19H18F3N7.